The zero-order valence-electron chi connectivity index (χ0n) is 10.5. The van der Waals surface area contributed by atoms with Gasteiger partial charge in [-0.1, -0.05) is 18.2 Å². The van der Waals surface area contributed by atoms with Crippen molar-refractivity contribution < 1.29 is 4.79 Å². The van der Waals surface area contributed by atoms with E-state index >= 15 is 0 Å². The van der Waals surface area contributed by atoms with E-state index in [4.69, 9.17) is 11.6 Å². The number of carbonyl (C=O) groups excluding carboxylic acids is 1. The third-order valence-corrected chi connectivity index (χ3v) is 5.13. The molecule has 1 aromatic rings. The third-order valence-electron chi connectivity index (χ3n) is 3.45. The molecule has 1 nitrogen and oxygen atoms in total. The van der Waals surface area contributed by atoms with Crippen LogP contribution in [0.1, 0.15) is 32.1 Å². The molecule has 0 N–H and O–H groups in total. The summed E-state index contributed by atoms with van der Waals surface area (Å²) >= 11 is 7.65. The quantitative estimate of drug-likeness (QED) is 0.563. The molecule has 1 aliphatic carbocycles. The fraction of sp³-hybridized carbons (Fsp3) is 0.533. The summed E-state index contributed by atoms with van der Waals surface area (Å²) in [6.45, 7) is 0. The Labute approximate surface area is 118 Å². The first kappa shape index (κ1) is 14.0. The zero-order valence-corrected chi connectivity index (χ0v) is 12.1. The molecule has 0 spiro atoms. The van der Waals surface area contributed by atoms with Crippen LogP contribution in [0, 0.1) is 5.92 Å². The summed E-state index contributed by atoms with van der Waals surface area (Å²) in [6.07, 6.45) is 4.94. The van der Waals surface area contributed by atoms with Gasteiger partial charge in [0.15, 0.2) is 0 Å². The Balaban J connectivity index is 2.02. The molecule has 0 bridgehead atoms. The van der Waals surface area contributed by atoms with Gasteiger partial charge in [0.25, 0.3) is 0 Å². The molecule has 1 saturated carbocycles. The number of hydrogen-bond acceptors (Lipinski definition) is 2. The van der Waals surface area contributed by atoms with Crippen molar-refractivity contribution in [2.45, 2.75) is 42.2 Å². The lowest BCUT2D eigenvalue weighted by Gasteiger charge is -2.21. The molecule has 2 atom stereocenters. The van der Waals surface area contributed by atoms with Crippen LogP contribution in [0.4, 0.5) is 0 Å². The van der Waals surface area contributed by atoms with Gasteiger partial charge in [0, 0.05) is 28.4 Å². The minimum atomic E-state index is 0.249. The normalized spacial score (nSPS) is 21.2. The highest BCUT2D eigenvalue weighted by Crippen LogP contribution is 2.37. The molecule has 0 radical (unpaired) electrons. The third kappa shape index (κ3) is 3.76. The van der Waals surface area contributed by atoms with Gasteiger partial charge in [-0.25, -0.2) is 0 Å². The summed E-state index contributed by atoms with van der Waals surface area (Å²) < 4.78 is 0. The molecule has 3 heteroatoms. The van der Waals surface area contributed by atoms with Crippen molar-refractivity contribution in [2.75, 3.05) is 5.88 Å². The maximum Gasteiger partial charge on any atom is 0.137 e. The predicted octanol–water partition coefficient (Wildman–Crippen LogP) is 4.54. The van der Waals surface area contributed by atoms with Crippen molar-refractivity contribution in [1.82, 2.24) is 0 Å². The molecular formula is C15H19ClOS. The lowest BCUT2D eigenvalue weighted by Crippen LogP contribution is -2.21. The topological polar surface area (TPSA) is 17.1 Å². The van der Waals surface area contributed by atoms with Crippen molar-refractivity contribution in [3.63, 3.8) is 0 Å². The number of thioether (sulfide) groups is 1. The maximum absolute atomic E-state index is 11.9. The summed E-state index contributed by atoms with van der Waals surface area (Å²) in [6, 6.07) is 10.4. The average Bonchev–Trinajstić information content (AvgIpc) is 2.82. The first-order valence-electron chi connectivity index (χ1n) is 6.61. The minimum Gasteiger partial charge on any atom is -0.299 e. The SMILES string of the molecule is O=C1CCCC1C(CCCCl)Sc1ccccc1. The van der Waals surface area contributed by atoms with Crippen LogP contribution < -0.4 is 0 Å². The summed E-state index contributed by atoms with van der Waals surface area (Å²) in [4.78, 5) is 13.2. The minimum absolute atomic E-state index is 0.249. The largest absolute Gasteiger partial charge is 0.299 e. The van der Waals surface area contributed by atoms with Gasteiger partial charge in [-0.15, -0.1) is 23.4 Å². The Kier molecular flexibility index (Phi) is 5.58. The van der Waals surface area contributed by atoms with Gasteiger partial charge in [-0.05, 0) is 37.8 Å². The molecule has 0 aliphatic heterocycles. The van der Waals surface area contributed by atoms with Crippen molar-refractivity contribution in [3.05, 3.63) is 30.3 Å². The molecule has 1 fully saturated rings. The van der Waals surface area contributed by atoms with Crippen LogP contribution >= 0.6 is 23.4 Å². The fourth-order valence-corrected chi connectivity index (χ4v) is 4.09. The lowest BCUT2D eigenvalue weighted by atomic mass is 9.99. The van der Waals surface area contributed by atoms with Crippen molar-refractivity contribution in [1.29, 1.82) is 0 Å². The molecule has 0 heterocycles. The summed E-state index contributed by atoms with van der Waals surface area (Å²) in [5, 5.41) is 0.404. The van der Waals surface area contributed by atoms with E-state index in [1.807, 2.05) is 17.8 Å². The monoisotopic (exact) mass is 282 g/mol. The first-order chi connectivity index (χ1) is 8.81. The van der Waals surface area contributed by atoms with Gasteiger partial charge < -0.3 is 0 Å². The second kappa shape index (κ2) is 7.20. The Morgan fingerprint density at radius 3 is 2.72 bits per heavy atom. The highest BCUT2D eigenvalue weighted by atomic mass is 35.5. The van der Waals surface area contributed by atoms with Gasteiger partial charge in [0.05, 0.1) is 0 Å². The van der Waals surface area contributed by atoms with Crippen LogP contribution in [0.5, 0.6) is 0 Å². The standard InChI is InChI=1S/C15H19ClOS/c16-11-5-10-15(13-8-4-9-14(13)17)18-12-6-2-1-3-7-12/h1-3,6-7,13,15H,4-5,8-11H2. The van der Waals surface area contributed by atoms with Crippen LogP contribution in [0.3, 0.4) is 0 Å². The zero-order chi connectivity index (χ0) is 12.8. The van der Waals surface area contributed by atoms with Gasteiger partial charge >= 0.3 is 0 Å². The summed E-state index contributed by atoms with van der Waals surface area (Å²) in [5.74, 6) is 1.39. The molecule has 18 heavy (non-hydrogen) atoms. The Morgan fingerprint density at radius 1 is 1.33 bits per heavy atom. The fourth-order valence-electron chi connectivity index (χ4n) is 2.53. The van der Waals surface area contributed by atoms with Crippen molar-refractivity contribution in [3.8, 4) is 0 Å². The predicted molar refractivity (Wildman–Crippen MR) is 78.4 cm³/mol. The molecule has 0 amide bonds. The number of benzene rings is 1. The number of hydrogen-bond donors (Lipinski definition) is 0. The van der Waals surface area contributed by atoms with Crippen LogP contribution in [-0.2, 0) is 4.79 Å². The number of rotatable bonds is 6. The molecular weight excluding hydrogens is 264 g/mol. The summed E-state index contributed by atoms with van der Waals surface area (Å²) in [7, 11) is 0. The molecule has 2 unspecified atom stereocenters. The van der Waals surface area contributed by atoms with Crippen LogP contribution in [0.25, 0.3) is 0 Å². The number of alkyl halides is 1. The number of ketones is 1. The maximum atomic E-state index is 11.9. The van der Waals surface area contributed by atoms with Gasteiger partial charge in [0.1, 0.15) is 5.78 Å². The number of Topliss-reactive ketones (excluding diaryl/α,β-unsaturated/α-hetero) is 1. The van der Waals surface area contributed by atoms with Crippen molar-refractivity contribution in [2.24, 2.45) is 5.92 Å². The Bertz CT molecular complexity index is 379. The van der Waals surface area contributed by atoms with Gasteiger partial charge in [-0.2, -0.15) is 0 Å². The second-order valence-corrected chi connectivity index (χ2v) is 6.46. The smallest absolute Gasteiger partial charge is 0.137 e. The van der Waals surface area contributed by atoms with E-state index < -0.39 is 0 Å². The Hall–Kier alpha value is -0.470. The summed E-state index contributed by atoms with van der Waals surface area (Å²) in [5.41, 5.74) is 0. The van der Waals surface area contributed by atoms with Crippen LogP contribution in [0.15, 0.2) is 35.2 Å². The van der Waals surface area contributed by atoms with E-state index in [1.165, 1.54) is 4.90 Å². The lowest BCUT2D eigenvalue weighted by molar-refractivity contribution is -0.120. The molecule has 0 saturated heterocycles. The average molecular weight is 283 g/mol. The van der Waals surface area contributed by atoms with E-state index in [-0.39, 0.29) is 5.92 Å². The molecule has 0 aromatic heterocycles. The Morgan fingerprint density at radius 2 is 2.11 bits per heavy atom. The van der Waals surface area contributed by atoms with E-state index in [2.05, 4.69) is 24.3 Å². The molecule has 1 aromatic carbocycles. The van der Waals surface area contributed by atoms with E-state index in [1.54, 1.807) is 0 Å². The second-order valence-electron chi connectivity index (χ2n) is 4.77. The van der Waals surface area contributed by atoms with E-state index in [0.29, 0.717) is 16.9 Å². The van der Waals surface area contributed by atoms with E-state index in [9.17, 15) is 4.79 Å². The molecule has 98 valence electrons. The van der Waals surface area contributed by atoms with Gasteiger partial charge in [-0.3, -0.25) is 4.79 Å². The van der Waals surface area contributed by atoms with E-state index in [0.717, 1.165) is 32.1 Å². The highest BCUT2D eigenvalue weighted by Gasteiger charge is 2.32. The van der Waals surface area contributed by atoms with Crippen LogP contribution in [0.2, 0.25) is 0 Å². The number of halogens is 1. The molecule has 1 aliphatic rings. The first-order valence-corrected chi connectivity index (χ1v) is 8.03. The molecule has 2 rings (SSSR count). The number of carbonyl (C=O) groups is 1. The van der Waals surface area contributed by atoms with Crippen molar-refractivity contribution >= 4 is 29.1 Å². The van der Waals surface area contributed by atoms with Gasteiger partial charge in [0.2, 0.25) is 0 Å². The van der Waals surface area contributed by atoms with Crippen LogP contribution in [-0.4, -0.2) is 16.9 Å². The highest BCUT2D eigenvalue weighted by molar-refractivity contribution is 8.00.